The van der Waals surface area contributed by atoms with Gasteiger partial charge < -0.3 is 25.8 Å². The van der Waals surface area contributed by atoms with E-state index in [1.54, 1.807) is 6.92 Å². The summed E-state index contributed by atoms with van der Waals surface area (Å²) in [6.07, 6.45) is 2.16. The number of thioether (sulfide) groups is 1. The Bertz CT molecular complexity index is 1430. The van der Waals surface area contributed by atoms with Crippen molar-refractivity contribution < 1.29 is 33.4 Å². The van der Waals surface area contributed by atoms with E-state index in [2.05, 4.69) is 88.2 Å². The van der Waals surface area contributed by atoms with Crippen molar-refractivity contribution in [2.24, 2.45) is 5.73 Å². The summed E-state index contributed by atoms with van der Waals surface area (Å²) in [7, 11) is -0.784. The molecule has 0 saturated carbocycles. The zero-order valence-corrected chi connectivity index (χ0v) is 31.3. The second-order valence-electron chi connectivity index (χ2n) is 11.9. The molecule has 10 nitrogen and oxygen atoms in total. The van der Waals surface area contributed by atoms with Crippen LogP contribution in [0, 0.1) is 0 Å². The molecule has 2 amide bonds. The highest BCUT2D eigenvalue weighted by Crippen LogP contribution is 2.55. The van der Waals surface area contributed by atoms with Crippen molar-refractivity contribution in [3.63, 3.8) is 0 Å². The Morgan fingerprint density at radius 2 is 1.25 bits per heavy atom. The molecule has 0 unspecified atom stereocenters. The molecular weight excluding hydrogens is 685 g/mol. The van der Waals surface area contributed by atoms with E-state index >= 15 is 0 Å². The van der Waals surface area contributed by atoms with Crippen LogP contribution in [0.5, 0.6) is 0 Å². The van der Waals surface area contributed by atoms with E-state index in [0.29, 0.717) is 24.5 Å². The fraction of sp³-hybridized carbons (Fsp3) is 0.410. The van der Waals surface area contributed by atoms with Gasteiger partial charge in [-0.3, -0.25) is 19.2 Å². The third-order valence-corrected chi connectivity index (χ3v) is 14.0. The van der Waals surface area contributed by atoms with E-state index in [4.69, 9.17) is 10.5 Å². The quantitative estimate of drug-likeness (QED) is 0.0752. The number of carbonyl (C=O) groups is 5. The third-order valence-electron chi connectivity index (χ3n) is 8.38. The van der Waals surface area contributed by atoms with E-state index in [1.165, 1.54) is 34.8 Å². The van der Waals surface area contributed by atoms with Gasteiger partial charge in [0.2, 0.25) is 11.8 Å². The first kappa shape index (κ1) is 41.4. The highest BCUT2D eigenvalue weighted by atomic mass is 32.2. The van der Waals surface area contributed by atoms with Gasteiger partial charge >= 0.3 is 11.9 Å². The van der Waals surface area contributed by atoms with Crippen LogP contribution < -0.4 is 32.3 Å². The highest BCUT2D eigenvalue weighted by Gasteiger charge is 2.44. The van der Waals surface area contributed by atoms with E-state index in [-0.39, 0.29) is 50.4 Å². The fourth-order valence-corrected chi connectivity index (χ4v) is 11.1. The number of esters is 2. The molecule has 0 aliphatic heterocycles. The van der Waals surface area contributed by atoms with Crippen LogP contribution in [-0.2, 0) is 33.4 Å². The van der Waals surface area contributed by atoms with Crippen molar-refractivity contribution in [2.75, 3.05) is 37.9 Å². The van der Waals surface area contributed by atoms with E-state index in [9.17, 15) is 24.0 Å². The number of hydrogen-bond donors (Lipinski definition) is 3. The van der Waals surface area contributed by atoms with Crippen LogP contribution in [0.2, 0.25) is 0 Å². The monoisotopic (exact) mass is 736 g/mol. The van der Waals surface area contributed by atoms with Gasteiger partial charge in [0.15, 0.2) is 5.78 Å². The van der Waals surface area contributed by atoms with E-state index in [0.717, 1.165) is 12.6 Å². The number of nitrogens with two attached hydrogens (primary N) is 1. The average molecular weight is 737 g/mol. The summed E-state index contributed by atoms with van der Waals surface area (Å²) in [5.74, 6) is -1.29. The molecule has 3 aromatic rings. The van der Waals surface area contributed by atoms with Gasteiger partial charge in [0.05, 0.1) is 32.3 Å². The van der Waals surface area contributed by atoms with Gasteiger partial charge in [-0.25, -0.2) is 4.79 Å². The molecule has 0 heterocycles. The van der Waals surface area contributed by atoms with Gasteiger partial charge in [-0.05, 0) is 62.6 Å². The predicted molar refractivity (Wildman–Crippen MR) is 206 cm³/mol. The molecule has 0 aromatic heterocycles. The maximum absolute atomic E-state index is 13.2. The van der Waals surface area contributed by atoms with Crippen LogP contribution in [0.25, 0.3) is 0 Å². The topological polar surface area (TPSA) is 154 Å². The molecule has 0 saturated heterocycles. The number of ether oxygens (including phenoxy) is 2. The number of rotatable bonds is 23. The second-order valence-corrected chi connectivity index (χ2v) is 16.7. The van der Waals surface area contributed by atoms with Gasteiger partial charge in [-0.1, -0.05) is 54.6 Å². The lowest BCUT2D eigenvalue weighted by Crippen LogP contribution is -2.45. The molecule has 0 aliphatic rings. The Labute approximate surface area is 306 Å². The van der Waals surface area contributed by atoms with Crippen molar-refractivity contribution in [2.45, 2.75) is 64.0 Å². The first-order chi connectivity index (χ1) is 24.7. The lowest BCUT2D eigenvalue weighted by atomic mass is 10.1. The zero-order chi connectivity index (χ0) is 36.9. The summed E-state index contributed by atoms with van der Waals surface area (Å²) < 4.78 is 9.83. The number of amides is 2. The Balaban J connectivity index is 1.64. The number of carbonyl (C=O) groups excluding carboxylic acids is 5. The number of benzene rings is 3. The summed E-state index contributed by atoms with van der Waals surface area (Å²) >= 11 is 1.42. The van der Waals surface area contributed by atoms with Crippen molar-refractivity contribution in [1.29, 1.82) is 0 Å². The Morgan fingerprint density at radius 1 is 0.725 bits per heavy atom. The van der Waals surface area contributed by atoms with Crippen LogP contribution in [0.3, 0.4) is 0 Å². The molecule has 274 valence electrons. The average Bonchev–Trinajstić information content (AvgIpc) is 3.16. The van der Waals surface area contributed by atoms with Crippen molar-refractivity contribution in [1.82, 2.24) is 10.6 Å². The number of unbranched alkanes of at least 4 members (excludes halogenated alkanes) is 1. The van der Waals surface area contributed by atoms with Crippen LogP contribution in [0.15, 0.2) is 91.0 Å². The minimum atomic E-state index is -2.03. The lowest BCUT2D eigenvalue weighted by Gasteiger charge is -2.27. The maximum atomic E-state index is 13.2. The normalized spacial score (nSPS) is 12.3. The van der Waals surface area contributed by atoms with E-state index < -0.39 is 37.2 Å². The Morgan fingerprint density at radius 3 is 1.76 bits per heavy atom. The van der Waals surface area contributed by atoms with Crippen LogP contribution >= 0.6 is 19.0 Å². The molecule has 0 spiro atoms. The zero-order valence-electron chi connectivity index (χ0n) is 29.6. The van der Waals surface area contributed by atoms with Gasteiger partial charge in [0.1, 0.15) is 29.2 Å². The van der Waals surface area contributed by atoms with Crippen LogP contribution in [0.4, 0.5) is 0 Å². The molecule has 0 fully saturated rings. The summed E-state index contributed by atoms with van der Waals surface area (Å²) in [6, 6.07) is 29.8. The molecule has 0 aliphatic carbocycles. The predicted octanol–water partition coefficient (Wildman–Crippen LogP) is 3.68. The Kier molecular flexibility index (Phi) is 18.4. The third kappa shape index (κ3) is 13.2. The highest BCUT2D eigenvalue weighted by molar-refractivity contribution is 7.99. The molecular formula is C39H51N3O7PS+. The minimum Gasteiger partial charge on any atom is -0.469 e. The smallest absolute Gasteiger partial charge is 0.328 e. The SMILES string of the molecule is CCOC(=O)[C@H](CCC(=O)N[C@@H](CSCCN)C(=O)CCC(=O)OC)NC(=O)CCCC[P+](c1ccccc1)(c1ccccc1)c1ccccc1. The van der Waals surface area contributed by atoms with Gasteiger partial charge in [0.25, 0.3) is 0 Å². The molecule has 0 radical (unpaired) electrons. The number of methoxy groups -OCH3 is 1. The van der Waals surface area contributed by atoms with E-state index in [1.807, 2.05) is 18.2 Å². The number of hydrogen-bond acceptors (Lipinski definition) is 9. The first-order valence-corrected chi connectivity index (χ1v) is 20.6. The maximum Gasteiger partial charge on any atom is 0.328 e. The lowest BCUT2D eigenvalue weighted by molar-refractivity contribution is -0.147. The summed E-state index contributed by atoms with van der Waals surface area (Å²) in [5, 5.41) is 9.34. The molecule has 2 atom stereocenters. The molecule has 51 heavy (non-hydrogen) atoms. The van der Waals surface area contributed by atoms with Crippen molar-refractivity contribution in [3.05, 3.63) is 91.0 Å². The number of ketones is 1. The molecule has 12 heteroatoms. The van der Waals surface area contributed by atoms with Gasteiger partial charge in [0, 0.05) is 37.3 Å². The largest absolute Gasteiger partial charge is 0.469 e. The van der Waals surface area contributed by atoms with Crippen molar-refractivity contribution in [3.8, 4) is 0 Å². The first-order valence-electron chi connectivity index (χ1n) is 17.4. The molecule has 3 aromatic carbocycles. The van der Waals surface area contributed by atoms with Crippen LogP contribution in [0.1, 0.15) is 51.9 Å². The molecule has 4 N–H and O–H groups in total. The van der Waals surface area contributed by atoms with Gasteiger partial charge in [-0.2, -0.15) is 11.8 Å². The summed E-state index contributed by atoms with van der Waals surface area (Å²) in [5.41, 5.74) is 5.58. The minimum absolute atomic E-state index is 0.0000835. The van der Waals surface area contributed by atoms with Crippen molar-refractivity contribution >= 4 is 64.5 Å². The summed E-state index contributed by atoms with van der Waals surface area (Å²) in [4.78, 5) is 63.3. The number of nitrogens with one attached hydrogen (secondary N) is 2. The standard InChI is InChI=1S/C39H50N3O7PS/c1-3-49-39(47)33(22-24-37(45)42-34(29-51-28-26-40)35(43)23-25-38(46)48-2)41-36(44)21-13-14-27-50(30-15-7-4-8-16-30,31-17-9-5-10-18-31)32-19-11-6-12-20-32/h4-12,15-20,33-34H,3,13-14,21-29,40H2,1-2H3,(H-,41,42,44,45)/p+1/t33-,34-/m0/s1. The van der Waals surface area contributed by atoms with Crippen LogP contribution in [-0.4, -0.2) is 79.5 Å². The molecule has 3 rings (SSSR count). The summed E-state index contributed by atoms with van der Waals surface area (Å²) in [6.45, 7) is 2.21. The second kappa shape index (κ2) is 22.7. The fourth-order valence-electron chi connectivity index (χ4n) is 5.82. The Hall–Kier alpha value is -4.05. The number of Topliss-reactive ketones (excluding diaryl/α,β-unsaturated/α-hetero) is 1. The molecule has 0 bridgehead atoms. The van der Waals surface area contributed by atoms with Gasteiger partial charge in [-0.15, -0.1) is 0 Å².